The van der Waals surface area contributed by atoms with Crippen LogP contribution in [-0.2, 0) is 14.3 Å². The second kappa shape index (κ2) is 11.6. The van der Waals surface area contributed by atoms with Crippen molar-refractivity contribution >= 4 is 10.1 Å². The summed E-state index contributed by atoms with van der Waals surface area (Å²) < 4.78 is 30.5. The second-order valence-electron chi connectivity index (χ2n) is 6.12. The van der Waals surface area contributed by atoms with Crippen molar-refractivity contribution in [3.8, 4) is 0 Å². The van der Waals surface area contributed by atoms with Gasteiger partial charge in [-0.15, -0.1) is 0 Å². The van der Waals surface area contributed by atoms with Crippen LogP contribution in [0.3, 0.4) is 0 Å². The van der Waals surface area contributed by atoms with Gasteiger partial charge in [-0.3, -0.25) is 4.18 Å². The number of rotatable bonds is 13. The Labute approximate surface area is 142 Å². The van der Waals surface area contributed by atoms with Crippen LogP contribution in [0.4, 0.5) is 0 Å². The van der Waals surface area contributed by atoms with E-state index < -0.39 is 15.4 Å². The molecule has 132 valence electrons. The minimum atomic E-state index is -3.55. The van der Waals surface area contributed by atoms with Crippen LogP contribution in [-0.4, -0.2) is 15.0 Å². The topological polar surface area (TPSA) is 43.4 Å². The lowest BCUT2D eigenvalue weighted by atomic mass is 10.1. The molecule has 0 aliphatic carbocycles. The zero-order valence-corrected chi connectivity index (χ0v) is 15.5. The Morgan fingerprint density at radius 3 is 2.09 bits per heavy atom. The second-order valence-corrected chi connectivity index (χ2v) is 7.91. The largest absolute Gasteiger partial charge is 0.274 e. The molecule has 0 saturated heterocycles. The Morgan fingerprint density at radius 2 is 1.48 bits per heavy atom. The molecule has 0 N–H and O–H groups in total. The highest BCUT2D eigenvalue weighted by Crippen LogP contribution is 2.29. The average Bonchev–Trinajstić information content (AvgIpc) is 2.55. The maximum Gasteiger partial charge on any atom is 0.274 e. The van der Waals surface area contributed by atoms with E-state index in [1.165, 1.54) is 0 Å². The van der Waals surface area contributed by atoms with Crippen molar-refractivity contribution in [2.24, 2.45) is 0 Å². The Hall–Kier alpha value is -0.870. The molecule has 0 radical (unpaired) electrons. The fourth-order valence-corrected chi connectivity index (χ4v) is 4.15. The van der Waals surface area contributed by atoms with E-state index in [2.05, 4.69) is 13.8 Å². The molecular weight excluding hydrogens is 308 g/mol. The Morgan fingerprint density at radius 1 is 0.870 bits per heavy atom. The van der Waals surface area contributed by atoms with E-state index in [-0.39, 0.29) is 0 Å². The van der Waals surface area contributed by atoms with Crippen molar-refractivity contribution in [3.05, 3.63) is 35.9 Å². The first-order chi connectivity index (χ1) is 11.1. The van der Waals surface area contributed by atoms with Crippen molar-refractivity contribution in [2.45, 2.75) is 76.9 Å². The first-order valence-corrected chi connectivity index (χ1v) is 10.5. The average molecular weight is 341 g/mol. The first kappa shape index (κ1) is 20.2. The minimum Gasteiger partial charge on any atom is -0.270 e. The van der Waals surface area contributed by atoms with Gasteiger partial charge in [-0.05, 0) is 18.4 Å². The normalized spacial score (nSPS) is 13.1. The van der Waals surface area contributed by atoms with Crippen LogP contribution in [0.2, 0.25) is 0 Å². The molecule has 23 heavy (non-hydrogen) atoms. The highest BCUT2D eigenvalue weighted by atomic mass is 32.2. The molecule has 1 atom stereocenters. The van der Waals surface area contributed by atoms with Crippen molar-refractivity contribution in [2.75, 3.05) is 6.61 Å². The fourth-order valence-electron chi connectivity index (χ4n) is 2.69. The van der Waals surface area contributed by atoms with Gasteiger partial charge in [0.2, 0.25) is 0 Å². The molecule has 0 fully saturated rings. The summed E-state index contributed by atoms with van der Waals surface area (Å²) in [6.45, 7) is 4.60. The molecule has 0 aliphatic rings. The summed E-state index contributed by atoms with van der Waals surface area (Å²) in [6.07, 6.45) is 9.04. The van der Waals surface area contributed by atoms with Crippen LogP contribution in [0, 0.1) is 0 Å². The van der Waals surface area contributed by atoms with Gasteiger partial charge in [0.1, 0.15) is 5.25 Å². The summed E-state index contributed by atoms with van der Waals surface area (Å²) in [4.78, 5) is 0. The monoisotopic (exact) mass is 340 g/mol. The summed E-state index contributed by atoms with van der Waals surface area (Å²) in [5, 5.41) is -0.535. The van der Waals surface area contributed by atoms with Crippen LogP contribution in [0.25, 0.3) is 0 Å². The Bertz CT molecular complexity index is 497. The predicted octanol–water partition coefficient (Wildman–Crippen LogP) is 5.62. The third kappa shape index (κ3) is 7.98. The van der Waals surface area contributed by atoms with Crippen LogP contribution in [0.1, 0.15) is 82.4 Å². The van der Waals surface area contributed by atoms with Gasteiger partial charge in [0, 0.05) is 0 Å². The molecule has 3 nitrogen and oxygen atoms in total. The summed E-state index contributed by atoms with van der Waals surface area (Å²) >= 11 is 0. The van der Waals surface area contributed by atoms with Crippen LogP contribution >= 0.6 is 0 Å². The van der Waals surface area contributed by atoms with Crippen molar-refractivity contribution in [3.63, 3.8) is 0 Å². The maximum absolute atomic E-state index is 12.6. The Balaban J connectivity index is 2.65. The summed E-state index contributed by atoms with van der Waals surface area (Å²) in [5.41, 5.74) is 0.845. The molecule has 0 spiro atoms. The quantitative estimate of drug-likeness (QED) is 0.345. The molecule has 0 amide bonds. The fraction of sp³-hybridized carbons (Fsp3) is 0.684. The molecule has 0 aromatic heterocycles. The van der Waals surface area contributed by atoms with Crippen LogP contribution < -0.4 is 0 Å². The van der Waals surface area contributed by atoms with Crippen molar-refractivity contribution < 1.29 is 12.6 Å². The molecule has 0 bridgehead atoms. The lowest BCUT2D eigenvalue weighted by Gasteiger charge is -2.18. The number of benzene rings is 1. The summed E-state index contributed by atoms with van der Waals surface area (Å²) in [6, 6.07) is 9.48. The van der Waals surface area contributed by atoms with Crippen molar-refractivity contribution in [1.29, 1.82) is 0 Å². The van der Waals surface area contributed by atoms with Gasteiger partial charge in [-0.25, -0.2) is 0 Å². The van der Waals surface area contributed by atoms with E-state index >= 15 is 0 Å². The Kier molecular flexibility index (Phi) is 10.2. The molecular formula is C19H32O3S. The zero-order valence-electron chi connectivity index (χ0n) is 14.7. The molecule has 0 saturated carbocycles. The zero-order chi connectivity index (χ0) is 17.0. The molecule has 1 aromatic carbocycles. The van der Waals surface area contributed by atoms with Gasteiger partial charge >= 0.3 is 0 Å². The molecule has 1 unspecified atom stereocenters. The van der Waals surface area contributed by atoms with Crippen LogP contribution in [0.5, 0.6) is 0 Å². The van der Waals surface area contributed by atoms with Crippen LogP contribution in [0.15, 0.2) is 30.3 Å². The van der Waals surface area contributed by atoms with E-state index in [0.29, 0.717) is 13.0 Å². The van der Waals surface area contributed by atoms with E-state index in [4.69, 9.17) is 4.18 Å². The molecule has 1 rings (SSSR count). The number of unbranched alkanes of at least 4 members (excludes halogenated alkanes) is 6. The summed E-state index contributed by atoms with van der Waals surface area (Å²) in [5.74, 6) is 0. The van der Waals surface area contributed by atoms with Gasteiger partial charge < -0.3 is 0 Å². The highest BCUT2D eigenvalue weighted by Gasteiger charge is 2.27. The lowest BCUT2D eigenvalue weighted by molar-refractivity contribution is 0.299. The third-order valence-electron chi connectivity index (χ3n) is 4.09. The van der Waals surface area contributed by atoms with Gasteiger partial charge in [0.25, 0.3) is 10.1 Å². The van der Waals surface area contributed by atoms with E-state index in [1.54, 1.807) is 0 Å². The van der Waals surface area contributed by atoms with E-state index in [0.717, 1.165) is 56.9 Å². The van der Waals surface area contributed by atoms with Gasteiger partial charge in [0.15, 0.2) is 0 Å². The minimum absolute atomic E-state index is 0.306. The molecule has 4 heteroatoms. The van der Waals surface area contributed by atoms with Gasteiger partial charge in [-0.1, -0.05) is 89.1 Å². The molecule has 0 heterocycles. The SMILES string of the molecule is CCCCCCOS(=O)(=O)C(CCCCCC)c1ccccc1. The van der Waals surface area contributed by atoms with Gasteiger partial charge in [-0.2, -0.15) is 8.42 Å². The maximum atomic E-state index is 12.6. The highest BCUT2D eigenvalue weighted by molar-refractivity contribution is 7.87. The number of hydrogen-bond donors (Lipinski definition) is 0. The predicted molar refractivity (Wildman–Crippen MR) is 97.0 cm³/mol. The van der Waals surface area contributed by atoms with Gasteiger partial charge in [0.05, 0.1) is 6.61 Å². The molecule has 1 aromatic rings. The standard InChI is InChI=1S/C19H32O3S/c1-3-5-7-12-16-19(18-14-10-9-11-15-18)23(20,21)22-17-13-8-6-4-2/h9-11,14-15,19H,3-8,12-13,16-17H2,1-2H3. The van der Waals surface area contributed by atoms with Crippen molar-refractivity contribution in [1.82, 2.24) is 0 Å². The third-order valence-corrected chi connectivity index (χ3v) is 5.79. The lowest BCUT2D eigenvalue weighted by Crippen LogP contribution is -2.17. The summed E-state index contributed by atoms with van der Waals surface area (Å²) in [7, 11) is -3.55. The first-order valence-electron chi connectivity index (χ1n) is 9.05. The smallest absolute Gasteiger partial charge is 0.270 e. The van der Waals surface area contributed by atoms with E-state index in [1.807, 2.05) is 30.3 Å². The van der Waals surface area contributed by atoms with E-state index in [9.17, 15) is 8.42 Å². The molecule has 0 aliphatic heterocycles. The number of hydrogen-bond acceptors (Lipinski definition) is 3.